The van der Waals surface area contributed by atoms with Crippen LogP contribution in [0.25, 0.3) is 11.0 Å². The molecule has 0 unspecified atom stereocenters. The monoisotopic (exact) mass is 262 g/mol. The number of nitrogens with zero attached hydrogens (tertiary/aromatic N) is 1. The van der Waals surface area contributed by atoms with Gasteiger partial charge in [-0.05, 0) is 0 Å². The third kappa shape index (κ3) is 2.10. The molecule has 0 amide bonds. The molecule has 0 saturated heterocycles. The van der Waals surface area contributed by atoms with Gasteiger partial charge in [0.2, 0.25) is 6.79 Å². The second-order valence-corrected chi connectivity index (χ2v) is 4.13. The average Bonchev–Trinajstić information content (AvgIpc) is 2.80. The van der Waals surface area contributed by atoms with Gasteiger partial charge in [0, 0.05) is 18.6 Å². The summed E-state index contributed by atoms with van der Waals surface area (Å²) in [5.41, 5.74) is 0.902. The first-order chi connectivity index (χ1) is 9.13. The van der Waals surface area contributed by atoms with E-state index in [1.165, 1.54) is 0 Å². The number of H-pyrrole nitrogens is 1. The zero-order valence-electron chi connectivity index (χ0n) is 9.80. The number of benzene rings is 1. The SMILES string of the molecule is O=C(O)CCc1nc2cc3c(cc2[nH]c1=O)OCO3. The van der Waals surface area contributed by atoms with E-state index < -0.39 is 5.97 Å². The maximum absolute atomic E-state index is 11.8. The number of ether oxygens (including phenoxy) is 2. The average molecular weight is 262 g/mol. The van der Waals surface area contributed by atoms with Crippen LogP contribution in [-0.4, -0.2) is 27.8 Å². The van der Waals surface area contributed by atoms with E-state index in [0.717, 1.165) is 0 Å². The van der Waals surface area contributed by atoms with E-state index in [9.17, 15) is 9.59 Å². The first-order valence-corrected chi connectivity index (χ1v) is 5.68. The Labute approximate surface area is 106 Å². The van der Waals surface area contributed by atoms with E-state index in [0.29, 0.717) is 22.5 Å². The van der Waals surface area contributed by atoms with Crippen LogP contribution < -0.4 is 15.0 Å². The summed E-state index contributed by atoms with van der Waals surface area (Å²) in [6.07, 6.45) is -0.0405. The van der Waals surface area contributed by atoms with E-state index in [2.05, 4.69) is 9.97 Å². The van der Waals surface area contributed by atoms with Gasteiger partial charge in [-0.1, -0.05) is 0 Å². The van der Waals surface area contributed by atoms with Crippen molar-refractivity contribution in [2.75, 3.05) is 6.79 Å². The lowest BCUT2D eigenvalue weighted by Gasteiger charge is -2.03. The first kappa shape index (κ1) is 11.5. The standard InChI is InChI=1S/C12H10N2O5/c15-11(16)2-1-6-12(17)14-8-4-10-9(18-5-19-10)3-7(8)13-6/h3-4H,1-2,5H2,(H,14,17)(H,15,16). The van der Waals surface area contributed by atoms with E-state index in [4.69, 9.17) is 14.6 Å². The van der Waals surface area contributed by atoms with Crippen LogP contribution in [0, 0.1) is 0 Å². The number of aromatic amines is 1. The van der Waals surface area contributed by atoms with Gasteiger partial charge in [-0.3, -0.25) is 9.59 Å². The van der Waals surface area contributed by atoms with Crippen LogP contribution in [0.4, 0.5) is 0 Å². The van der Waals surface area contributed by atoms with E-state index in [1.54, 1.807) is 12.1 Å². The van der Waals surface area contributed by atoms with E-state index >= 15 is 0 Å². The minimum atomic E-state index is -0.966. The molecule has 0 spiro atoms. The highest BCUT2D eigenvalue weighted by atomic mass is 16.7. The van der Waals surface area contributed by atoms with E-state index in [1.807, 2.05) is 0 Å². The van der Waals surface area contributed by atoms with Crippen molar-refractivity contribution >= 4 is 17.0 Å². The Morgan fingerprint density at radius 2 is 2.11 bits per heavy atom. The zero-order valence-corrected chi connectivity index (χ0v) is 9.80. The smallest absolute Gasteiger partial charge is 0.303 e. The van der Waals surface area contributed by atoms with Crippen molar-refractivity contribution in [3.8, 4) is 11.5 Å². The molecule has 0 bridgehead atoms. The van der Waals surface area contributed by atoms with Gasteiger partial charge in [0.15, 0.2) is 11.5 Å². The molecule has 0 radical (unpaired) electrons. The summed E-state index contributed by atoms with van der Waals surface area (Å²) >= 11 is 0. The first-order valence-electron chi connectivity index (χ1n) is 5.68. The van der Waals surface area contributed by atoms with Crippen LogP contribution in [0.15, 0.2) is 16.9 Å². The van der Waals surface area contributed by atoms with Gasteiger partial charge in [0.25, 0.3) is 5.56 Å². The molecule has 7 heteroatoms. The van der Waals surface area contributed by atoms with Crippen molar-refractivity contribution in [2.45, 2.75) is 12.8 Å². The van der Waals surface area contributed by atoms with Gasteiger partial charge < -0.3 is 19.6 Å². The summed E-state index contributed by atoms with van der Waals surface area (Å²) < 4.78 is 10.4. The molecule has 3 rings (SSSR count). The maximum Gasteiger partial charge on any atom is 0.303 e. The second-order valence-electron chi connectivity index (χ2n) is 4.13. The third-order valence-corrected chi connectivity index (χ3v) is 2.83. The van der Waals surface area contributed by atoms with Crippen molar-refractivity contribution in [1.29, 1.82) is 0 Å². The van der Waals surface area contributed by atoms with Crippen molar-refractivity contribution in [3.05, 3.63) is 28.2 Å². The molecule has 0 fully saturated rings. The molecule has 0 atom stereocenters. The summed E-state index contributed by atoms with van der Waals surface area (Å²) in [6, 6.07) is 3.31. The summed E-state index contributed by atoms with van der Waals surface area (Å²) in [5.74, 6) is 0.159. The van der Waals surface area contributed by atoms with Crippen LogP contribution in [0.3, 0.4) is 0 Å². The molecule has 2 aromatic rings. The molecule has 7 nitrogen and oxygen atoms in total. The topological polar surface area (TPSA) is 102 Å². The molecular formula is C12H10N2O5. The highest BCUT2D eigenvalue weighted by Crippen LogP contribution is 2.34. The van der Waals surface area contributed by atoms with Gasteiger partial charge in [0.1, 0.15) is 5.69 Å². The Kier molecular flexibility index (Phi) is 2.59. The van der Waals surface area contributed by atoms with Crippen LogP contribution in [-0.2, 0) is 11.2 Å². The summed E-state index contributed by atoms with van der Waals surface area (Å²) in [5, 5.41) is 8.63. The summed E-state index contributed by atoms with van der Waals surface area (Å²) in [4.78, 5) is 29.1. The highest BCUT2D eigenvalue weighted by molar-refractivity contribution is 5.79. The molecule has 1 aromatic heterocycles. The molecular weight excluding hydrogens is 252 g/mol. The van der Waals surface area contributed by atoms with Gasteiger partial charge in [0.05, 0.1) is 17.5 Å². The molecule has 1 aromatic carbocycles. The number of aromatic nitrogens is 2. The minimum Gasteiger partial charge on any atom is -0.481 e. The van der Waals surface area contributed by atoms with Gasteiger partial charge in [-0.2, -0.15) is 0 Å². The molecule has 1 aliphatic heterocycles. The lowest BCUT2D eigenvalue weighted by Crippen LogP contribution is -2.16. The number of carboxylic acid groups (broad SMARTS) is 1. The largest absolute Gasteiger partial charge is 0.481 e. The number of nitrogens with one attached hydrogen (secondary N) is 1. The highest BCUT2D eigenvalue weighted by Gasteiger charge is 2.16. The Morgan fingerprint density at radius 3 is 2.84 bits per heavy atom. The number of rotatable bonds is 3. The normalized spacial score (nSPS) is 12.8. The summed E-state index contributed by atoms with van der Waals surface area (Å²) in [7, 11) is 0. The fourth-order valence-corrected chi connectivity index (χ4v) is 1.91. The molecule has 0 aliphatic carbocycles. The Bertz CT molecular complexity index is 722. The number of fused-ring (bicyclic) bond motifs is 2. The molecule has 98 valence electrons. The predicted molar refractivity (Wildman–Crippen MR) is 64.4 cm³/mol. The molecule has 2 heterocycles. The molecule has 2 N–H and O–H groups in total. The molecule has 19 heavy (non-hydrogen) atoms. The Hall–Kier alpha value is -2.57. The van der Waals surface area contributed by atoms with Crippen LogP contribution in [0.2, 0.25) is 0 Å². The van der Waals surface area contributed by atoms with E-state index in [-0.39, 0.29) is 30.9 Å². The Balaban J connectivity index is 2.06. The number of aliphatic carboxylic acids is 1. The van der Waals surface area contributed by atoms with Crippen LogP contribution >= 0.6 is 0 Å². The third-order valence-electron chi connectivity index (χ3n) is 2.83. The van der Waals surface area contributed by atoms with Gasteiger partial charge in [-0.15, -0.1) is 0 Å². The maximum atomic E-state index is 11.8. The Morgan fingerprint density at radius 1 is 1.37 bits per heavy atom. The predicted octanol–water partition coefficient (Wildman–Crippen LogP) is 0.669. The van der Waals surface area contributed by atoms with Crippen LogP contribution in [0.5, 0.6) is 11.5 Å². The lowest BCUT2D eigenvalue weighted by molar-refractivity contribution is -0.136. The van der Waals surface area contributed by atoms with Crippen LogP contribution in [0.1, 0.15) is 12.1 Å². The molecule has 1 aliphatic rings. The zero-order chi connectivity index (χ0) is 13.4. The number of hydrogen-bond donors (Lipinski definition) is 2. The lowest BCUT2D eigenvalue weighted by atomic mass is 10.2. The quantitative estimate of drug-likeness (QED) is 0.842. The van der Waals surface area contributed by atoms with Crippen molar-refractivity contribution < 1.29 is 19.4 Å². The minimum absolute atomic E-state index is 0.0923. The van der Waals surface area contributed by atoms with Gasteiger partial charge >= 0.3 is 5.97 Å². The van der Waals surface area contributed by atoms with Crippen molar-refractivity contribution in [3.63, 3.8) is 0 Å². The molecule has 0 saturated carbocycles. The van der Waals surface area contributed by atoms with Crippen molar-refractivity contribution in [2.24, 2.45) is 0 Å². The second kappa shape index (κ2) is 4.27. The number of hydrogen-bond acceptors (Lipinski definition) is 5. The summed E-state index contributed by atoms with van der Waals surface area (Å²) in [6.45, 7) is 0.141. The number of carbonyl (C=O) groups is 1. The fraction of sp³-hybridized carbons (Fsp3) is 0.250. The number of carboxylic acids is 1. The number of aryl methyl sites for hydroxylation is 1. The van der Waals surface area contributed by atoms with Gasteiger partial charge in [-0.25, -0.2) is 4.98 Å². The van der Waals surface area contributed by atoms with Crippen molar-refractivity contribution in [1.82, 2.24) is 9.97 Å². The fourth-order valence-electron chi connectivity index (χ4n) is 1.91.